The van der Waals surface area contributed by atoms with Gasteiger partial charge in [0.2, 0.25) is 0 Å². The average Bonchev–Trinajstić information content (AvgIpc) is 2.36. The van der Waals surface area contributed by atoms with E-state index in [0.29, 0.717) is 5.92 Å². The number of morpholine rings is 1. The molecule has 0 radical (unpaired) electrons. The molecule has 2 aliphatic heterocycles. The molecule has 2 atom stereocenters. The van der Waals surface area contributed by atoms with E-state index < -0.39 is 0 Å². The Morgan fingerprint density at radius 1 is 1.36 bits per heavy atom. The smallest absolute Gasteiger partial charge is 0.0702 e. The van der Waals surface area contributed by atoms with E-state index in [9.17, 15) is 0 Å². The first-order valence-electron chi connectivity index (χ1n) is 4.24. The Balaban J connectivity index is 2.06. The van der Waals surface area contributed by atoms with Gasteiger partial charge in [0.25, 0.3) is 0 Å². The highest BCUT2D eigenvalue weighted by atomic mass is 16.5. The second kappa shape index (κ2) is 2.73. The molecule has 3 nitrogen and oxygen atoms in total. The summed E-state index contributed by atoms with van der Waals surface area (Å²) in [5.74, 6) is 0.586. The fourth-order valence-corrected chi connectivity index (χ4v) is 1.81. The molecule has 11 heavy (non-hydrogen) atoms. The standard InChI is InChI=1S/C8H15NO2/c1-7-4-11-6-8(7)5-10-3-2-9-8/h7,9H,2-6H2,1H3. The third-order valence-electron chi connectivity index (χ3n) is 2.75. The van der Waals surface area contributed by atoms with E-state index >= 15 is 0 Å². The van der Waals surface area contributed by atoms with E-state index in [1.54, 1.807) is 0 Å². The van der Waals surface area contributed by atoms with Crippen molar-refractivity contribution in [2.45, 2.75) is 12.5 Å². The minimum Gasteiger partial charge on any atom is -0.379 e. The van der Waals surface area contributed by atoms with Crippen LogP contribution in [0, 0.1) is 5.92 Å². The Morgan fingerprint density at radius 2 is 2.18 bits per heavy atom. The van der Waals surface area contributed by atoms with Crippen molar-refractivity contribution in [2.24, 2.45) is 5.92 Å². The second-order valence-corrected chi connectivity index (χ2v) is 3.55. The molecule has 2 heterocycles. The first kappa shape index (κ1) is 7.53. The van der Waals surface area contributed by atoms with E-state index in [1.807, 2.05) is 0 Å². The summed E-state index contributed by atoms with van der Waals surface area (Å²) in [4.78, 5) is 0. The van der Waals surface area contributed by atoms with Gasteiger partial charge in [-0.1, -0.05) is 6.92 Å². The van der Waals surface area contributed by atoms with Gasteiger partial charge in [0.05, 0.1) is 32.0 Å². The third-order valence-corrected chi connectivity index (χ3v) is 2.75. The minimum atomic E-state index is 0.137. The highest BCUT2D eigenvalue weighted by Crippen LogP contribution is 2.26. The number of ether oxygens (including phenoxy) is 2. The molecule has 0 aromatic rings. The first-order valence-corrected chi connectivity index (χ1v) is 4.24. The number of nitrogens with one attached hydrogen (secondary N) is 1. The van der Waals surface area contributed by atoms with Crippen molar-refractivity contribution in [2.75, 3.05) is 33.0 Å². The highest BCUT2D eigenvalue weighted by Gasteiger charge is 2.42. The Hall–Kier alpha value is -0.120. The van der Waals surface area contributed by atoms with E-state index in [2.05, 4.69) is 12.2 Å². The summed E-state index contributed by atoms with van der Waals surface area (Å²) >= 11 is 0. The molecule has 0 aromatic carbocycles. The largest absolute Gasteiger partial charge is 0.379 e. The lowest BCUT2D eigenvalue weighted by atomic mass is 9.88. The summed E-state index contributed by atoms with van der Waals surface area (Å²) < 4.78 is 10.8. The lowest BCUT2D eigenvalue weighted by molar-refractivity contribution is 0.0103. The molecule has 0 aromatic heterocycles. The number of hydrogen-bond donors (Lipinski definition) is 1. The Kier molecular flexibility index (Phi) is 1.87. The fourth-order valence-electron chi connectivity index (χ4n) is 1.81. The van der Waals surface area contributed by atoms with Crippen molar-refractivity contribution in [1.82, 2.24) is 5.32 Å². The van der Waals surface area contributed by atoms with Gasteiger partial charge < -0.3 is 14.8 Å². The van der Waals surface area contributed by atoms with Crippen molar-refractivity contribution < 1.29 is 9.47 Å². The van der Waals surface area contributed by atoms with Gasteiger partial charge in [0, 0.05) is 12.5 Å². The molecule has 0 saturated carbocycles. The maximum absolute atomic E-state index is 5.44. The zero-order chi connectivity index (χ0) is 7.73. The van der Waals surface area contributed by atoms with Crippen molar-refractivity contribution in [3.05, 3.63) is 0 Å². The maximum atomic E-state index is 5.44. The van der Waals surface area contributed by atoms with Gasteiger partial charge in [-0.15, -0.1) is 0 Å². The summed E-state index contributed by atoms with van der Waals surface area (Å²) in [7, 11) is 0. The summed E-state index contributed by atoms with van der Waals surface area (Å²) in [6.07, 6.45) is 0. The molecule has 2 rings (SSSR count). The van der Waals surface area contributed by atoms with Crippen molar-refractivity contribution in [1.29, 1.82) is 0 Å². The molecule has 0 amide bonds. The van der Waals surface area contributed by atoms with Gasteiger partial charge in [-0.25, -0.2) is 0 Å². The lowest BCUT2D eigenvalue weighted by Gasteiger charge is -2.36. The predicted octanol–water partition coefficient (Wildman–Crippen LogP) is 0.0113. The molecule has 0 bridgehead atoms. The van der Waals surface area contributed by atoms with Crippen LogP contribution in [-0.4, -0.2) is 38.5 Å². The normalized spacial score (nSPS) is 45.0. The zero-order valence-corrected chi connectivity index (χ0v) is 6.93. The zero-order valence-electron chi connectivity index (χ0n) is 6.93. The topological polar surface area (TPSA) is 30.5 Å². The molecule has 2 unspecified atom stereocenters. The fraction of sp³-hybridized carbons (Fsp3) is 1.00. The maximum Gasteiger partial charge on any atom is 0.0702 e. The molecular formula is C8H15NO2. The van der Waals surface area contributed by atoms with Crippen LogP contribution in [0.4, 0.5) is 0 Å². The molecule has 2 saturated heterocycles. The van der Waals surface area contributed by atoms with Crippen LogP contribution in [0.3, 0.4) is 0 Å². The Labute approximate surface area is 67.1 Å². The summed E-state index contributed by atoms with van der Waals surface area (Å²) in [5.41, 5.74) is 0.137. The molecule has 1 N–H and O–H groups in total. The number of hydrogen-bond acceptors (Lipinski definition) is 3. The second-order valence-electron chi connectivity index (χ2n) is 3.55. The van der Waals surface area contributed by atoms with Crippen LogP contribution in [-0.2, 0) is 9.47 Å². The molecule has 2 aliphatic rings. The molecule has 0 aliphatic carbocycles. The Bertz CT molecular complexity index is 143. The van der Waals surface area contributed by atoms with Crippen LogP contribution in [0.2, 0.25) is 0 Å². The van der Waals surface area contributed by atoms with E-state index in [1.165, 1.54) is 0 Å². The molecule has 3 heteroatoms. The van der Waals surface area contributed by atoms with Crippen molar-refractivity contribution in [3.63, 3.8) is 0 Å². The van der Waals surface area contributed by atoms with Crippen LogP contribution in [0.5, 0.6) is 0 Å². The molecule has 64 valence electrons. The SMILES string of the molecule is CC1COCC12COCCN2. The first-order chi connectivity index (χ1) is 5.33. The van der Waals surface area contributed by atoms with Gasteiger partial charge >= 0.3 is 0 Å². The van der Waals surface area contributed by atoms with Gasteiger partial charge in [-0.2, -0.15) is 0 Å². The molecule has 1 spiro atoms. The Morgan fingerprint density at radius 3 is 2.73 bits per heavy atom. The third kappa shape index (κ3) is 1.17. The molecule has 2 fully saturated rings. The monoisotopic (exact) mass is 157 g/mol. The van der Waals surface area contributed by atoms with Crippen LogP contribution >= 0.6 is 0 Å². The van der Waals surface area contributed by atoms with E-state index in [0.717, 1.165) is 33.0 Å². The molecular weight excluding hydrogens is 142 g/mol. The van der Waals surface area contributed by atoms with Crippen LogP contribution in [0.1, 0.15) is 6.92 Å². The van der Waals surface area contributed by atoms with E-state index in [-0.39, 0.29) is 5.54 Å². The van der Waals surface area contributed by atoms with Crippen LogP contribution in [0.15, 0.2) is 0 Å². The van der Waals surface area contributed by atoms with Crippen LogP contribution in [0.25, 0.3) is 0 Å². The quantitative estimate of drug-likeness (QED) is 0.537. The summed E-state index contributed by atoms with van der Waals surface area (Å²) in [6.45, 7) is 6.52. The lowest BCUT2D eigenvalue weighted by Crippen LogP contribution is -2.58. The minimum absolute atomic E-state index is 0.137. The van der Waals surface area contributed by atoms with Gasteiger partial charge in [-0.05, 0) is 0 Å². The number of rotatable bonds is 0. The van der Waals surface area contributed by atoms with Gasteiger partial charge in [0.1, 0.15) is 0 Å². The van der Waals surface area contributed by atoms with Crippen molar-refractivity contribution in [3.8, 4) is 0 Å². The van der Waals surface area contributed by atoms with Crippen molar-refractivity contribution >= 4 is 0 Å². The predicted molar refractivity (Wildman–Crippen MR) is 41.5 cm³/mol. The van der Waals surface area contributed by atoms with Gasteiger partial charge in [0.15, 0.2) is 0 Å². The highest BCUT2D eigenvalue weighted by molar-refractivity contribution is 4.98. The van der Waals surface area contributed by atoms with E-state index in [4.69, 9.17) is 9.47 Å². The average molecular weight is 157 g/mol. The summed E-state index contributed by atoms with van der Waals surface area (Å²) in [5, 5.41) is 3.49. The van der Waals surface area contributed by atoms with Gasteiger partial charge in [-0.3, -0.25) is 0 Å². The summed E-state index contributed by atoms with van der Waals surface area (Å²) in [6, 6.07) is 0. The van der Waals surface area contributed by atoms with Crippen LogP contribution < -0.4 is 5.32 Å².